The fourth-order valence-electron chi connectivity index (χ4n) is 3.75. The van der Waals surface area contributed by atoms with Crippen molar-refractivity contribution in [1.82, 2.24) is 10.2 Å². The predicted octanol–water partition coefficient (Wildman–Crippen LogP) is 4.59. The highest BCUT2D eigenvalue weighted by atomic mass is 32.1. The number of carbonyl (C=O) groups is 2. The summed E-state index contributed by atoms with van der Waals surface area (Å²) in [6.45, 7) is 1.93. The van der Waals surface area contributed by atoms with E-state index in [1.165, 1.54) is 5.56 Å². The van der Waals surface area contributed by atoms with Crippen molar-refractivity contribution in [1.29, 1.82) is 0 Å². The van der Waals surface area contributed by atoms with Gasteiger partial charge in [0.15, 0.2) is 16.6 Å². The van der Waals surface area contributed by atoms with E-state index in [0.29, 0.717) is 23.7 Å². The van der Waals surface area contributed by atoms with Crippen molar-refractivity contribution in [3.8, 4) is 11.5 Å². The quantitative estimate of drug-likeness (QED) is 0.310. The molecule has 1 heterocycles. The van der Waals surface area contributed by atoms with Crippen LogP contribution in [0.1, 0.15) is 29.7 Å². The van der Waals surface area contributed by atoms with Gasteiger partial charge in [-0.1, -0.05) is 66.7 Å². The van der Waals surface area contributed by atoms with Gasteiger partial charge in [0.2, 0.25) is 0 Å². The second kappa shape index (κ2) is 11.5. The minimum Gasteiger partial charge on any atom is -0.489 e. The largest absolute Gasteiger partial charge is 0.489 e. The second-order valence-corrected chi connectivity index (χ2v) is 8.62. The number of carbonyl (C=O) groups excluding carboxylic acids is 1. The van der Waals surface area contributed by atoms with Gasteiger partial charge in [-0.3, -0.25) is 14.5 Å². The van der Waals surface area contributed by atoms with Gasteiger partial charge >= 0.3 is 5.97 Å². The van der Waals surface area contributed by atoms with E-state index < -0.39 is 18.4 Å². The van der Waals surface area contributed by atoms with E-state index >= 15 is 0 Å². The summed E-state index contributed by atoms with van der Waals surface area (Å²) in [5.41, 5.74) is 3.06. The van der Waals surface area contributed by atoms with Gasteiger partial charge in [-0.25, -0.2) is 0 Å². The van der Waals surface area contributed by atoms with Gasteiger partial charge in [-0.05, 0) is 54.0 Å². The van der Waals surface area contributed by atoms with E-state index in [0.717, 1.165) is 16.9 Å². The Labute approximate surface area is 215 Å². The Bertz CT molecular complexity index is 1280. The highest BCUT2D eigenvalue weighted by Crippen LogP contribution is 2.33. The predicted molar refractivity (Wildman–Crippen MR) is 141 cm³/mol. The molecule has 1 atom stereocenters. The number of thiocarbonyl (C=S) groups is 1. The molecule has 0 aromatic heterocycles. The Morgan fingerprint density at radius 2 is 1.75 bits per heavy atom. The van der Waals surface area contributed by atoms with E-state index in [2.05, 4.69) is 17.4 Å². The Balaban J connectivity index is 1.56. The zero-order chi connectivity index (χ0) is 25.5. The summed E-state index contributed by atoms with van der Waals surface area (Å²) in [6, 6.07) is 25.3. The van der Waals surface area contributed by atoms with Crippen molar-refractivity contribution < 1.29 is 24.2 Å². The number of hydrogen-bond donors (Lipinski definition) is 2. The van der Waals surface area contributed by atoms with Crippen LogP contribution in [0.4, 0.5) is 0 Å². The molecule has 0 bridgehead atoms. The minimum atomic E-state index is -1.14. The molecule has 0 aliphatic carbocycles. The first kappa shape index (κ1) is 24.9. The minimum absolute atomic E-state index is 0.0590. The number of ether oxygens (including phenoxy) is 2. The molecule has 3 aromatic carbocycles. The molecular formula is C28H26N2O5S. The van der Waals surface area contributed by atoms with Crippen LogP contribution >= 0.6 is 12.2 Å². The highest BCUT2D eigenvalue weighted by molar-refractivity contribution is 7.80. The number of nitrogens with zero attached hydrogens (tertiary/aromatic N) is 1. The second-order valence-electron chi connectivity index (χ2n) is 8.23. The number of carboxylic acids is 1. The monoisotopic (exact) mass is 502 g/mol. The van der Waals surface area contributed by atoms with Gasteiger partial charge in [0.25, 0.3) is 5.91 Å². The van der Waals surface area contributed by atoms with Crippen LogP contribution in [0.2, 0.25) is 0 Å². The van der Waals surface area contributed by atoms with Crippen LogP contribution in [-0.4, -0.2) is 40.1 Å². The Morgan fingerprint density at radius 3 is 2.44 bits per heavy atom. The summed E-state index contributed by atoms with van der Waals surface area (Å²) >= 11 is 5.12. The summed E-state index contributed by atoms with van der Waals surface area (Å²) < 4.78 is 12.4. The normalized spacial score (nSPS) is 15.0. The van der Waals surface area contributed by atoms with Gasteiger partial charge < -0.3 is 19.9 Å². The van der Waals surface area contributed by atoms with E-state index in [1.54, 1.807) is 18.2 Å². The van der Waals surface area contributed by atoms with Crippen LogP contribution < -0.4 is 14.8 Å². The van der Waals surface area contributed by atoms with E-state index in [-0.39, 0.29) is 16.9 Å². The molecule has 8 heteroatoms. The maximum Gasteiger partial charge on any atom is 0.323 e. The van der Waals surface area contributed by atoms with Crippen molar-refractivity contribution in [3.63, 3.8) is 0 Å². The van der Waals surface area contributed by atoms with Gasteiger partial charge in [0.05, 0.1) is 6.61 Å². The lowest BCUT2D eigenvalue weighted by molar-refractivity contribution is -0.140. The number of carboxylic acid groups (broad SMARTS) is 1. The molecule has 1 saturated heterocycles. The first-order valence-electron chi connectivity index (χ1n) is 11.5. The number of benzene rings is 3. The average molecular weight is 503 g/mol. The molecule has 1 amide bonds. The van der Waals surface area contributed by atoms with Crippen LogP contribution in [0.25, 0.3) is 6.08 Å². The smallest absolute Gasteiger partial charge is 0.323 e. The van der Waals surface area contributed by atoms with Crippen LogP contribution in [0, 0.1) is 0 Å². The molecule has 4 rings (SSSR count). The molecule has 0 spiro atoms. The van der Waals surface area contributed by atoms with Crippen LogP contribution in [0.3, 0.4) is 0 Å². The summed E-state index contributed by atoms with van der Waals surface area (Å²) in [7, 11) is 0. The third-order valence-corrected chi connectivity index (χ3v) is 5.92. The molecule has 0 saturated carbocycles. The maximum atomic E-state index is 12.6. The molecule has 1 unspecified atom stereocenters. The van der Waals surface area contributed by atoms with Crippen LogP contribution in [0.5, 0.6) is 11.5 Å². The Kier molecular flexibility index (Phi) is 7.97. The Morgan fingerprint density at radius 1 is 1.06 bits per heavy atom. The van der Waals surface area contributed by atoms with Gasteiger partial charge in [0.1, 0.15) is 18.3 Å². The van der Waals surface area contributed by atoms with Gasteiger partial charge in [-0.15, -0.1) is 0 Å². The molecule has 7 nitrogen and oxygen atoms in total. The molecule has 1 aliphatic heterocycles. The number of hydrogen-bond acceptors (Lipinski definition) is 5. The summed E-state index contributed by atoms with van der Waals surface area (Å²) in [6.07, 6.45) is 2.12. The lowest BCUT2D eigenvalue weighted by Gasteiger charge is -2.19. The molecule has 0 radical (unpaired) electrons. The van der Waals surface area contributed by atoms with E-state index in [1.807, 2.05) is 61.5 Å². The van der Waals surface area contributed by atoms with Gasteiger partial charge in [-0.2, -0.15) is 0 Å². The van der Waals surface area contributed by atoms with E-state index in [4.69, 9.17) is 26.8 Å². The standard InChI is InChI=1S/C28H26N2O5S/c1-19(22-10-6-3-7-11-22)35-25-17-21(16-23-27(33)30(18-26(31)32)28(36)29-23)12-13-24(25)34-15-14-20-8-4-2-5-9-20/h2-13,16-17,19H,14-15,18H2,1H3,(H,29,36)(H,31,32)/b23-16-. The van der Waals surface area contributed by atoms with Gasteiger partial charge in [0, 0.05) is 6.42 Å². The molecule has 2 N–H and O–H groups in total. The molecule has 3 aromatic rings. The SMILES string of the molecule is CC(Oc1cc(/C=C2\NC(=S)N(CC(=O)O)C2=O)ccc1OCCc1ccccc1)c1ccccc1. The van der Waals surface area contributed by atoms with Crippen molar-refractivity contribution >= 4 is 35.3 Å². The van der Waals surface area contributed by atoms with Crippen molar-refractivity contribution in [2.75, 3.05) is 13.2 Å². The number of nitrogens with one attached hydrogen (secondary N) is 1. The Hall–Kier alpha value is -4.17. The van der Waals surface area contributed by atoms with E-state index in [9.17, 15) is 9.59 Å². The molecule has 1 fully saturated rings. The topological polar surface area (TPSA) is 88.1 Å². The summed E-state index contributed by atoms with van der Waals surface area (Å²) in [4.78, 5) is 24.7. The number of amides is 1. The summed E-state index contributed by atoms with van der Waals surface area (Å²) in [5, 5.41) is 11.9. The number of rotatable bonds is 10. The van der Waals surface area contributed by atoms with Crippen LogP contribution in [0.15, 0.2) is 84.6 Å². The molecular weight excluding hydrogens is 476 g/mol. The average Bonchev–Trinajstić information content (AvgIpc) is 3.13. The first-order chi connectivity index (χ1) is 17.4. The molecule has 36 heavy (non-hydrogen) atoms. The van der Waals surface area contributed by atoms with Crippen molar-refractivity contribution in [3.05, 3.63) is 101 Å². The highest BCUT2D eigenvalue weighted by Gasteiger charge is 2.32. The third-order valence-electron chi connectivity index (χ3n) is 5.60. The number of aliphatic carboxylic acids is 1. The first-order valence-corrected chi connectivity index (χ1v) is 11.9. The lowest BCUT2D eigenvalue weighted by Crippen LogP contribution is -2.35. The molecule has 184 valence electrons. The zero-order valence-electron chi connectivity index (χ0n) is 19.7. The summed E-state index contributed by atoms with van der Waals surface area (Å²) in [5.74, 6) is -0.518. The fraction of sp³-hybridized carbons (Fsp3) is 0.179. The van der Waals surface area contributed by atoms with Crippen LogP contribution in [-0.2, 0) is 16.0 Å². The molecule has 1 aliphatic rings. The van der Waals surface area contributed by atoms with Crippen molar-refractivity contribution in [2.45, 2.75) is 19.4 Å². The lowest BCUT2D eigenvalue weighted by atomic mass is 10.1. The fourth-order valence-corrected chi connectivity index (χ4v) is 4.01. The zero-order valence-corrected chi connectivity index (χ0v) is 20.5. The maximum absolute atomic E-state index is 12.6. The van der Waals surface area contributed by atoms with Crippen molar-refractivity contribution in [2.24, 2.45) is 0 Å². The third kappa shape index (κ3) is 6.28.